The van der Waals surface area contributed by atoms with Crippen molar-refractivity contribution in [2.45, 2.75) is 44.9 Å². The molecular formula is C17H22N4O3. The Morgan fingerprint density at radius 1 is 1.33 bits per heavy atom. The number of fused-ring (bicyclic) bond motifs is 1. The number of amides is 1. The van der Waals surface area contributed by atoms with E-state index in [4.69, 9.17) is 9.26 Å². The van der Waals surface area contributed by atoms with Gasteiger partial charge in [-0.05, 0) is 24.8 Å². The summed E-state index contributed by atoms with van der Waals surface area (Å²) in [6.45, 7) is 2.53. The van der Waals surface area contributed by atoms with Crippen LogP contribution in [-0.4, -0.2) is 45.0 Å². The third kappa shape index (κ3) is 3.21. The van der Waals surface area contributed by atoms with Crippen LogP contribution in [0, 0.1) is 5.92 Å². The van der Waals surface area contributed by atoms with Gasteiger partial charge in [-0.25, -0.2) is 0 Å². The van der Waals surface area contributed by atoms with Crippen LogP contribution in [0.15, 0.2) is 29.2 Å². The van der Waals surface area contributed by atoms with Crippen molar-refractivity contribution in [2.24, 2.45) is 5.92 Å². The average Bonchev–Trinajstić information content (AvgIpc) is 3.33. The molecule has 1 aliphatic heterocycles. The van der Waals surface area contributed by atoms with Gasteiger partial charge in [0.25, 0.3) is 5.91 Å². The summed E-state index contributed by atoms with van der Waals surface area (Å²) in [6, 6.07) is 1.95. The Kier molecular flexibility index (Phi) is 4.34. The molecule has 1 atom stereocenters. The van der Waals surface area contributed by atoms with Crippen LogP contribution in [0.5, 0.6) is 0 Å². The molecule has 1 aliphatic carbocycles. The van der Waals surface area contributed by atoms with Crippen LogP contribution in [0.25, 0.3) is 0 Å². The van der Waals surface area contributed by atoms with Gasteiger partial charge in [0, 0.05) is 19.3 Å². The van der Waals surface area contributed by atoms with Crippen molar-refractivity contribution in [3.05, 3.63) is 36.0 Å². The number of ether oxygens (including phenoxy) is 1. The maximum Gasteiger partial charge on any atom is 0.259 e. The SMILES string of the molecule is O=C(c1cnoc1)N1Cc2ccnn2CC(OCC2CCCC2)C1. The Bertz CT molecular complexity index is 676. The van der Waals surface area contributed by atoms with E-state index < -0.39 is 0 Å². The molecule has 1 amide bonds. The second-order valence-electron chi connectivity index (χ2n) is 6.71. The lowest BCUT2D eigenvalue weighted by molar-refractivity contribution is 0.00288. The first-order chi connectivity index (χ1) is 11.8. The summed E-state index contributed by atoms with van der Waals surface area (Å²) < 4.78 is 12.9. The zero-order chi connectivity index (χ0) is 16.4. The van der Waals surface area contributed by atoms with Crippen LogP contribution < -0.4 is 0 Å². The number of carbonyl (C=O) groups excluding carboxylic acids is 1. The smallest absolute Gasteiger partial charge is 0.259 e. The fourth-order valence-electron chi connectivity index (χ4n) is 3.62. The predicted molar refractivity (Wildman–Crippen MR) is 85.2 cm³/mol. The lowest BCUT2D eigenvalue weighted by Gasteiger charge is -2.24. The fourth-order valence-corrected chi connectivity index (χ4v) is 3.62. The van der Waals surface area contributed by atoms with Crippen molar-refractivity contribution in [3.8, 4) is 0 Å². The first-order valence-electron chi connectivity index (χ1n) is 8.60. The van der Waals surface area contributed by atoms with Crippen LogP contribution in [0.4, 0.5) is 0 Å². The Hall–Kier alpha value is -2.15. The summed E-state index contributed by atoms with van der Waals surface area (Å²) in [5, 5.41) is 8.00. The molecule has 3 heterocycles. The molecule has 0 N–H and O–H groups in total. The highest BCUT2D eigenvalue weighted by Gasteiger charge is 2.28. The van der Waals surface area contributed by atoms with Crippen molar-refractivity contribution >= 4 is 5.91 Å². The minimum Gasteiger partial charge on any atom is -0.374 e. The highest BCUT2D eigenvalue weighted by Crippen LogP contribution is 2.26. The van der Waals surface area contributed by atoms with E-state index in [-0.39, 0.29) is 12.0 Å². The van der Waals surface area contributed by atoms with E-state index in [1.807, 2.05) is 10.7 Å². The van der Waals surface area contributed by atoms with E-state index in [2.05, 4.69) is 10.3 Å². The second-order valence-corrected chi connectivity index (χ2v) is 6.71. The maximum absolute atomic E-state index is 12.7. The first kappa shape index (κ1) is 15.4. The molecule has 1 fully saturated rings. The van der Waals surface area contributed by atoms with Gasteiger partial charge >= 0.3 is 0 Å². The average molecular weight is 330 g/mol. The fraction of sp³-hybridized carbons (Fsp3) is 0.588. The normalized spacial score (nSPS) is 21.7. The molecule has 0 bridgehead atoms. The van der Waals surface area contributed by atoms with E-state index in [1.54, 1.807) is 11.1 Å². The Balaban J connectivity index is 1.48. The lowest BCUT2D eigenvalue weighted by atomic mass is 10.1. The highest BCUT2D eigenvalue weighted by atomic mass is 16.5. The number of rotatable bonds is 4. The molecule has 0 aromatic carbocycles. The zero-order valence-corrected chi connectivity index (χ0v) is 13.6. The van der Waals surface area contributed by atoms with E-state index in [0.717, 1.165) is 12.3 Å². The number of carbonyl (C=O) groups is 1. The van der Waals surface area contributed by atoms with Gasteiger partial charge in [-0.2, -0.15) is 5.10 Å². The van der Waals surface area contributed by atoms with Crippen molar-refractivity contribution in [2.75, 3.05) is 13.2 Å². The molecule has 128 valence electrons. The maximum atomic E-state index is 12.7. The summed E-state index contributed by atoms with van der Waals surface area (Å²) in [6.07, 6.45) is 9.69. The Labute approximate surface area is 140 Å². The van der Waals surface area contributed by atoms with E-state index >= 15 is 0 Å². The zero-order valence-electron chi connectivity index (χ0n) is 13.6. The third-order valence-electron chi connectivity index (χ3n) is 4.97. The molecule has 24 heavy (non-hydrogen) atoms. The monoisotopic (exact) mass is 330 g/mol. The van der Waals surface area contributed by atoms with E-state index in [1.165, 1.54) is 38.1 Å². The standard InChI is InChI=1S/C17H22N4O3/c22-17(14-7-19-24-12-14)20-8-15-5-6-18-21(15)10-16(9-20)23-11-13-3-1-2-4-13/h5-7,12-13,16H,1-4,8-11H2. The molecule has 2 aromatic rings. The van der Waals surface area contributed by atoms with Crippen LogP contribution >= 0.6 is 0 Å². The van der Waals surface area contributed by atoms with Gasteiger partial charge in [0.2, 0.25) is 0 Å². The summed E-state index contributed by atoms with van der Waals surface area (Å²) in [7, 11) is 0. The molecule has 7 heteroatoms. The molecule has 2 aliphatic rings. The Morgan fingerprint density at radius 2 is 2.21 bits per heavy atom. The molecule has 0 spiro atoms. The molecule has 0 radical (unpaired) electrons. The summed E-state index contributed by atoms with van der Waals surface area (Å²) in [4.78, 5) is 14.5. The topological polar surface area (TPSA) is 73.4 Å². The van der Waals surface area contributed by atoms with Gasteiger partial charge in [0.1, 0.15) is 6.26 Å². The molecule has 1 unspecified atom stereocenters. The first-order valence-corrected chi connectivity index (χ1v) is 8.60. The van der Waals surface area contributed by atoms with Crippen LogP contribution in [0.3, 0.4) is 0 Å². The second kappa shape index (κ2) is 6.76. The highest BCUT2D eigenvalue weighted by molar-refractivity contribution is 5.93. The van der Waals surface area contributed by atoms with Gasteiger partial charge in [-0.15, -0.1) is 0 Å². The largest absolute Gasteiger partial charge is 0.374 e. The predicted octanol–water partition coefficient (Wildman–Crippen LogP) is 2.10. The van der Waals surface area contributed by atoms with Crippen LogP contribution in [-0.2, 0) is 17.8 Å². The van der Waals surface area contributed by atoms with Gasteiger partial charge in [0.15, 0.2) is 0 Å². The number of hydrogen-bond donors (Lipinski definition) is 0. The number of hydrogen-bond acceptors (Lipinski definition) is 5. The van der Waals surface area contributed by atoms with Crippen molar-refractivity contribution in [1.82, 2.24) is 19.8 Å². The minimum atomic E-state index is -0.0830. The Morgan fingerprint density at radius 3 is 3.00 bits per heavy atom. The quantitative estimate of drug-likeness (QED) is 0.858. The van der Waals surface area contributed by atoms with Gasteiger partial charge in [-0.1, -0.05) is 18.0 Å². The molecular weight excluding hydrogens is 308 g/mol. The molecule has 1 saturated carbocycles. The van der Waals surface area contributed by atoms with Gasteiger partial charge in [-0.3, -0.25) is 9.48 Å². The number of nitrogens with zero attached hydrogens (tertiary/aromatic N) is 4. The van der Waals surface area contributed by atoms with Crippen LogP contribution in [0.2, 0.25) is 0 Å². The summed E-state index contributed by atoms with van der Waals surface area (Å²) >= 11 is 0. The molecule has 7 nitrogen and oxygen atoms in total. The molecule has 0 saturated heterocycles. The van der Waals surface area contributed by atoms with Crippen molar-refractivity contribution in [1.29, 1.82) is 0 Å². The van der Waals surface area contributed by atoms with Gasteiger partial charge in [0.05, 0.1) is 36.6 Å². The summed E-state index contributed by atoms with van der Waals surface area (Å²) in [5.41, 5.74) is 1.49. The van der Waals surface area contributed by atoms with Gasteiger partial charge < -0.3 is 14.2 Å². The summed E-state index contributed by atoms with van der Waals surface area (Å²) in [5.74, 6) is 0.577. The molecule has 2 aromatic heterocycles. The lowest BCUT2D eigenvalue weighted by Crippen LogP contribution is -2.37. The van der Waals surface area contributed by atoms with Crippen molar-refractivity contribution in [3.63, 3.8) is 0 Å². The van der Waals surface area contributed by atoms with Crippen molar-refractivity contribution < 1.29 is 14.1 Å². The van der Waals surface area contributed by atoms with Crippen LogP contribution in [0.1, 0.15) is 41.7 Å². The molecule has 4 rings (SSSR count). The minimum absolute atomic E-state index is 0.0458. The third-order valence-corrected chi connectivity index (χ3v) is 4.97. The number of aromatic nitrogens is 3. The van der Waals surface area contributed by atoms with E-state index in [0.29, 0.717) is 31.1 Å². The van der Waals surface area contributed by atoms with E-state index in [9.17, 15) is 4.79 Å².